The fourth-order valence-electron chi connectivity index (χ4n) is 3.34. The van der Waals surface area contributed by atoms with E-state index in [4.69, 9.17) is 4.74 Å². The Kier molecular flexibility index (Phi) is 6.44. The SMILES string of the molecule is CC(NC(=O)COC(=O)C1CCC(C(C)(C)C)CC1)c1cccs1. The zero-order valence-electron chi connectivity index (χ0n) is 15.1. The number of amides is 1. The predicted molar refractivity (Wildman–Crippen MR) is 96.7 cm³/mol. The summed E-state index contributed by atoms with van der Waals surface area (Å²) < 4.78 is 5.23. The summed E-state index contributed by atoms with van der Waals surface area (Å²) in [5.74, 6) is 0.150. The molecule has 134 valence electrons. The third-order valence-corrected chi connectivity index (χ3v) is 6.03. The van der Waals surface area contributed by atoms with Gasteiger partial charge in [0.15, 0.2) is 6.61 Å². The molecule has 1 aliphatic carbocycles. The first-order valence-corrected chi connectivity index (χ1v) is 9.64. The van der Waals surface area contributed by atoms with Crippen LogP contribution >= 0.6 is 11.3 Å². The Morgan fingerprint density at radius 2 is 1.96 bits per heavy atom. The Balaban J connectivity index is 1.70. The van der Waals surface area contributed by atoms with Crippen molar-refractivity contribution in [2.24, 2.45) is 17.3 Å². The van der Waals surface area contributed by atoms with Gasteiger partial charge in [-0.25, -0.2) is 0 Å². The van der Waals surface area contributed by atoms with Gasteiger partial charge in [0.25, 0.3) is 5.91 Å². The van der Waals surface area contributed by atoms with Crippen LogP contribution in [0.3, 0.4) is 0 Å². The van der Waals surface area contributed by atoms with Crippen molar-refractivity contribution in [2.75, 3.05) is 6.61 Å². The van der Waals surface area contributed by atoms with E-state index in [0.717, 1.165) is 30.6 Å². The standard InChI is InChI=1S/C19H29NO3S/c1-13(16-6-5-11-24-16)20-17(21)12-23-18(22)14-7-9-15(10-8-14)19(2,3)4/h5-6,11,13-15H,7-10,12H2,1-4H3,(H,20,21). The second kappa shape index (κ2) is 8.15. The summed E-state index contributed by atoms with van der Waals surface area (Å²) in [6, 6.07) is 3.88. The number of carbonyl (C=O) groups excluding carboxylic acids is 2. The lowest BCUT2D eigenvalue weighted by Gasteiger charge is -2.36. The third kappa shape index (κ3) is 5.33. The lowest BCUT2D eigenvalue weighted by molar-refractivity contribution is -0.154. The predicted octanol–water partition coefficient (Wildman–Crippen LogP) is 4.32. The maximum atomic E-state index is 12.2. The molecule has 1 unspecified atom stereocenters. The van der Waals surface area contributed by atoms with Gasteiger partial charge in [0.2, 0.25) is 0 Å². The molecule has 1 aromatic rings. The van der Waals surface area contributed by atoms with Gasteiger partial charge in [-0.3, -0.25) is 9.59 Å². The zero-order valence-corrected chi connectivity index (χ0v) is 15.9. The van der Waals surface area contributed by atoms with Crippen LogP contribution in [0.15, 0.2) is 17.5 Å². The van der Waals surface area contributed by atoms with E-state index in [1.165, 1.54) is 0 Å². The van der Waals surface area contributed by atoms with Crippen LogP contribution in [0.5, 0.6) is 0 Å². The van der Waals surface area contributed by atoms with Crippen molar-refractivity contribution >= 4 is 23.2 Å². The van der Waals surface area contributed by atoms with Crippen LogP contribution < -0.4 is 5.32 Å². The number of nitrogens with one attached hydrogen (secondary N) is 1. The van der Waals surface area contributed by atoms with Crippen LogP contribution in [-0.2, 0) is 14.3 Å². The largest absolute Gasteiger partial charge is 0.455 e. The summed E-state index contributed by atoms with van der Waals surface area (Å²) in [7, 11) is 0. The van der Waals surface area contributed by atoms with E-state index in [9.17, 15) is 9.59 Å². The number of hydrogen-bond donors (Lipinski definition) is 1. The molecular formula is C19H29NO3S. The molecular weight excluding hydrogens is 322 g/mol. The second-order valence-electron chi connectivity index (χ2n) is 7.83. The summed E-state index contributed by atoms with van der Waals surface area (Å²) in [5.41, 5.74) is 0.298. The number of ether oxygens (including phenoxy) is 1. The third-order valence-electron chi connectivity index (χ3n) is 4.98. The molecule has 1 heterocycles. The Bertz CT molecular complexity index is 539. The molecule has 1 aromatic heterocycles. The monoisotopic (exact) mass is 351 g/mol. The molecule has 1 amide bonds. The molecule has 1 fully saturated rings. The quantitative estimate of drug-likeness (QED) is 0.804. The smallest absolute Gasteiger partial charge is 0.309 e. The Labute approximate surface area is 149 Å². The Hall–Kier alpha value is -1.36. The molecule has 0 radical (unpaired) electrons. The lowest BCUT2D eigenvalue weighted by Crippen LogP contribution is -2.33. The van der Waals surface area contributed by atoms with Crippen LogP contribution in [0.2, 0.25) is 0 Å². The normalized spacial score (nSPS) is 22.7. The molecule has 0 saturated heterocycles. The summed E-state index contributed by atoms with van der Waals surface area (Å²) in [5, 5.41) is 4.84. The number of thiophene rings is 1. The minimum atomic E-state index is -0.243. The van der Waals surface area contributed by atoms with Crippen molar-refractivity contribution in [3.05, 3.63) is 22.4 Å². The van der Waals surface area contributed by atoms with Gasteiger partial charge in [0.1, 0.15) is 0 Å². The van der Waals surface area contributed by atoms with Crippen molar-refractivity contribution < 1.29 is 14.3 Å². The summed E-state index contributed by atoms with van der Waals surface area (Å²) in [6.45, 7) is 8.52. The number of esters is 1. The number of carbonyl (C=O) groups is 2. The average Bonchev–Trinajstić information content (AvgIpc) is 3.06. The van der Waals surface area contributed by atoms with E-state index in [-0.39, 0.29) is 30.4 Å². The number of rotatable bonds is 5. The van der Waals surface area contributed by atoms with Gasteiger partial charge in [0, 0.05) is 4.88 Å². The molecule has 0 spiro atoms. The van der Waals surface area contributed by atoms with E-state index >= 15 is 0 Å². The topological polar surface area (TPSA) is 55.4 Å². The van der Waals surface area contributed by atoms with Crippen molar-refractivity contribution in [1.29, 1.82) is 0 Å². The molecule has 1 saturated carbocycles. The maximum Gasteiger partial charge on any atom is 0.309 e. The molecule has 4 nitrogen and oxygen atoms in total. The summed E-state index contributed by atoms with van der Waals surface area (Å²) in [4.78, 5) is 25.2. The van der Waals surface area contributed by atoms with Crippen LogP contribution in [-0.4, -0.2) is 18.5 Å². The van der Waals surface area contributed by atoms with Gasteiger partial charge < -0.3 is 10.1 Å². The van der Waals surface area contributed by atoms with Crippen molar-refractivity contribution in [3.63, 3.8) is 0 Å². The highest BCUT2D eigenvalue weighted by atomic mass is 32.1. The average molecular weight is 352 g/mol. The molecule has 1 aliphatic rings. The van der Waals surface area contributed by atoms with Crippen LogP contribution in [0, 0.1) is 17.3 Å². The summed E-state index contributed by atoms with van der Waals surface area (Å²) >= 11 is 1.60. The van der Waals surface area contributed by atoms with Gasteiger partial charge in [-0.15, -0.1) is 11.3 Å². The van der Waals surface area contributed by atoms with E-state index in [2.05, 4.69) is 26.1 Å². The Morgan fingerprint density at radius 1 is 1.29 bits per heavy atom. The van der Waals surface area contributed by atoms with Gasteiger partial charge in [-0.1, -0.05) is 26.8 Å². The van der Waals surface area contributed by atoms with E-state index in [0.29, 0.717) is 11.3 Å². The van der Waals surface area contributed by atoms with Gasteiger partial charge >= 0.3 is 5.97 Å². The molecule has 1 atom stereocenters. The van der Waals surface area contributed by atoms with Gasteiger partial charge in [-0.2, -0.15) is 0 Å². The zero-order chi connectivity index (χ0) is 17.7. The lowest BCUT2D eigenvalue weighted by atomic mass is 9.70. The second-order valence-corrected chi connectivity index (χ2v) is 8.81. The van der Waals surface area contributed by atoms with Crippen LogP contribution in [0.1, 0.15) is 64.3 Å². The van der Waals surface area contributed by atoms with E-state index in [1.54, 1.807) is 11.3 Å². The fourth-order valence-corrected chi connectivity index (χ4v) is 4.08. The van der Waals surface area contributed by atoms with Crippen molar-refractivity contribution in [1.82, 2.24) is 5.32 Å². The maximum absolute atomic E-state index is 12.2. The van der Waals surface area contributed by atoms with Crippen LogP contribution in [0.4, 0.5) is 0 Å². The van der Waals surface area contributed by atoms with E-state index < -0.39 is 0 Å². The summed E-state index contributed by atoms with van der Waals surface area (Å²) in [6.07, 6.45) is 3.86. The Morgan fingerprint density at radius 3 is 2.50 bits per heavy atom. The molecule has 1 N–H and O–H groups in total. The highest BCUT2D eigenvalue weighted by Gasteiger charge is 2.33. The van der Waals surface area contributed by atoms with E-state index in [1.807, 2.05) is 24.4 Å². The molecule has 0 aromatic carbocycles. The fraction of sp³-hybridized carbons (Fsp3) is 0.684. The molecule has 2 rings (SSSR count). The van der Waals surface area contributed by atoms with Gasteiger partial charge in [-0.05, 0) is 55.4 Å². The van der Waals surface area contributed by atoms with Gasteiger partial charge in [0.05, 0.1) is 12.0 Å². The highest BCUT2D eigenvalue weighted by molar-refractivity contribution is 7.10. The molecule has 0 aliphatic heterocycles. The number of hydrogen-bond acceptors (Lipinski definition) is 4. The first-order chi connectivity index (χ1) is 11.3. The van der Waals surface area contributed by atoms with Crippen LogP contribution in [0.25, 0.3) is 0 Å². The minimum absolute atomic E-state index is 0.0499. The first-order valence-electron chi connectivity index (χ1n) is 8.76. The highest BCUT2D eigenvalue weighted by Crippen LogP contribution is 2.40. The minimum Gasteiger partial charge on any atom is -0.455 e. The first kappa shape index (κ1) is 19.0. The van der Waals surface area contributed by atoms with Crippen molar-refractivity contribution in [3.8, 4) is 0 Å². The molecule has 5 heteroatoms. The molecule has 24 heavy (non-hydrogen) atoms. The van der Waals surface area contributed by atoms with Crippen molar-refractivity contribution in [2.45, 2.75) is 59.4 Å². The molecule has 0 bridgehead atoms.